The molecule has 0 spiro atoms. The van der Waals surface area contributed by atoms with Crippen LogP contribution in [0.15, 0.2) is 29.3 Å². The highest BCUT2D eigenvalue weighted by Gasteiger charge is 2.41. The third kappa shape index (κ3) is 5.74. The van der Waals surface area contributed by atoms with Crippen molar-refractivity contribution in [2.75, 3.05) is 19.7 Å². The topological polar surface area (TPSA) is 54.9 Å². The molecule has 5 nitrogen and oxygen atoms in total. The number of aryl methyl sites for hydroxylation is 1. The first-order chi connectivity index (χ1) is 11.8. The molecule has 2 N–H and O–H groups in total. The predicted octanol–water partition coefficient (Wildman–Crippen LogP) is 3.26. The van der Waals surface area contributed by atoms with E-state index in [0.717, 1.165) is 37.6 Å². The molecule has 2 heterocycles. The van der Waals surface area contributed by atoms with Crippen molar-refractivity contribution in [3.05, 3.63) is 29.8 Å². The van der Waals surface area contributed by atoms with Gasteiger partial charge in [0, 0.05) is 19.5 Å². The minimum Gasteiger partial charge on any atom is -0.493 e. The zero-order chi connectivity index (χ0) is 16.8. The molecular weight excluding hydrogens is 429 g/mol. The van der Waals surface area contributed by atoms with Crippen LogP contribution >= 0.6 is 24.0 Å². The molecule has 1 aromatic carbocycles. The van der Waals surface area contributed by atoms with E-state index >= 15 is 0 Å². The SMILES string of the molecule is CCNC(=NCCCOc1ccccc1C)NC1CC2CCC1O2.I. The summed E-state index contributed by atoms with van der Waals surface area (Å²) in [5.41, 5.74) is 1.17. The van der Waals surface area contributed by atoms with Gasteiger partial charge in [0.25, 0.3) is 0 Å². The fraction of sp³-hybridized carbons (Fsp3) is 0.632. The number of benzene rings is 1. The first kappa shape index (κ1) is 20.3. The van der Waals surface area contributed by atoms with Crippen molar-refractivity contribution in [2.45, 2.75) is 57.8 Å². The Bertz CT molecular complexity index is 567. The molecule has 2 bridgehead atoms. The number of aliphatic imine (C=N–C) groups is 1. The van der Waals surface area contributed by atoms with Crippen LogP contribution in [0.3, 0.4) is 0 Å². The van der Waals surface area contributed by atoms with Gasteiger partial charge in [-0.05, 0) is 44.7 Å². The molecular formula is C19H30IN3O2. The first-order valence-electron chi connectivity index (χ1n) is 9.15. The second kappa shape index (κ2) is 10.2. The molecule has 0 aromatic heterocycles. The molecule has 2 aliphatic rings. The summed E-state index contributed by atoms with van der Waals surface area (Å²) in [5, 5.41) is 6.87. The van der Waals surface area contributed by atoms with Crippen LogP contribution < -0.4 is 15.4 Å². The highest BCUT2D eigenvalue weighted by Crippen LogP contribution is 2.34. The second-order valence-electron chi connectivity index (χ2n) is 6.59. The number of fused-ring (bicyclic) bond motifs is 2. The van der Waals surface area contributed by atoms with Crippen LogP contribution in [-0.2, 0) is 4.74 Å². The van der Waals surface area contributed by atoms with E-state index in [1.165, 1.54) is 18.4 Å². The summed E-state index contributed by atoms with van der Waals surface area (Å²) >= 11 is 0. The van der Waals surface area contributed by atoms with Crippen LogP contribution in [0.5, 0.6) is 5.75 Å². The van der Waals surface area contributed by atoms with Gasteiger partial charge in [-0.2, -0.15) is 0 Å². The standard InChI is InChI=1S/C19H29N3O2.HI/c1-3-20-19(22-16-13-15-9-10-18(16)24-15)21-11-6-12-23-17-8-5-4-7-14(17)2;/h4-5,7-8,15-16,18H,3,6,9-13H2,1-2H3,(H2,20,21,22);1H. The summed E-state index contributed by atoms with van der Waals surface area (Å²) in [6, 6.07) is 8.52. The van der Waals surface area contributed by atoms with E-state index in [4.69, 9.17) is 9.47 Å². The maximum Gasteiger partial charge on any atom is 0.191 e. The zero-order valence-corrected chi connectivity index (χ0v) is 17.5. The van der Waals surface area contributed by atoms with Gasteiger partial charge < -0.3 is 20.1 Å². The lowest BCUT2D eigenvalue weighted by molar-refractivity contribution is 0.0992. The number of nitrogens with one attached hydrogen (secondary N) is 2. The Morgan fingerprint density at radius 3 is 2.84 bits per heavy atom. The van der Waals surface area contributed by atoms with Crippen LogP contribution in [0.2, 0.25) is 0 Å². The number of halogens is 1. The van der Waals surface area contributed by atoms with Gasteiger partial charge in [0.1, 0.15) is 5.75 Å². The van der Waals surface area contributed by atoms with Crippen molar-refractivity contribution in [2.24, 2.45) is 4.99 Å². The molecule has 3 unspecified atom stereocenters. The highest BCUT2D eigenvalue weighted by atomic mass is 127. The van der Waals surface area contributed by atoms with E-state index < -0.39 is 0 Å². The van der Waals surface area contributed by atoms with E-state index in [9.17, 15) is 0 Å². The van der Waals surface area contributed by atoms with E-state index in [1.807, 2.05) is 18.2 Å². The summed E-state index contributed by atoms with van der Waals surface area (Å²) in [7, 11) is 0. The molecule has 0 amide bonds. The quantitative estimate of drug-likeness (QED) is 0.285. The Morgan fingerprint density at radius 1 is 1.32 bits per heavy atom. The molecule has 140 valence electrons. The second-order valence-corrected chi connectivity index (χ2v) is 6.59. The van der Waals surface area contributed by atoms with E-state index in [0.29, 0.717) is 24.9 Å². The monoisotopic (exact) mass is 459 g/mol. The summed E-state index contributed by atoms with van der Waals surface area (Å²) in [6.07, 6.45) is 5.21. The highest BCUT2D eigenvalue weighted by molar-refractivity contribution is 14.0. The molecule has 0 aliphatic carbocycles. The maximum atomic E-state index is 5.90. The van der Waals surface area contributed by atoms with Crippen LogP contribution in [0.4, 0.5) is 0 Å². The largest absolute Gasteiger partial charge is 0.493 e. The van der Waals surface area contributed by atoms with Gasteiger partial charge >= 0.3 is 0 Å². The van der Waals surface area contributed by atoms with Crippen LogP contribution in [-0.4, -0.2) is 43.9 Å². The number of guanidine groups is 1. The van der Waals surface area contributed by atoms with Gasteiger partial charge in [-0.3, -0.25) is 4.99 Å². The summed E-state index contributed by atoms with van der Waals surface area (Å²) in [6.45, 7) is 6.47. The Morgan fingerprint density at radius 2 is 2.16 bits per heavy atom. The smallest absolute Gasteiger partial charge is 0.191 e. The van der Waals surface area contributed by atoms with Gasteiger partial charge in [0.05, 0.1) is 24.9 Å². The van der Waals surface area contributed by atoms with Crippen molar-refractivity contribution in [3.8, 4) is 5.75 Å². The predicted molar refractivity (Wildman–Crippen MR) is 112 cm³/mol. The molecule has 2 fully saturated rings. The molecule has 2 aliphatic heterocycles. The van der Waals surface area contributed by atoms with Gasteiger partial charge in [0.2, 0.25) is 0 Å². The normalized spacial score (nSPS) is 24.7. The number of ether oxygens (including phenoxy) is 2. The van der Waals surface area contributed by atoms with E-state index in [-0.39, 0.29) is 24.0 Å². The minimum atomic E-state index is 0. The third-order valence-electron chi connectivity index (χ3n) is 4.70. The van der Waals surface area contributed by atoms with E-state index in [2.05, 4.69) is 35.5 Å². The summed E-state index contributed by atoms with van der Waals surface area (Å²) in [4.78, 5) is 4.67. The fourth-order valence-electron chi connectivity index (χ4n) is 3.44. The van der Waals surface area contributed by atoms with Gasteiger partial charge in [-0.15, -0.1) is 24.0 Å². The lowest BCUT2D eigenvalue weighted by Gasteiger charge is -2.22. The molecule has 0 saturated carbocycles. The fourth-order valence-corrected chi connectivity index (χ4v) is 3.44. The molecule has 25 heavy (non-hydrogen) atoms. The van der Waals surface area contributed by atoms with Crippen molar-refractivity contribution in [3.63, 3.8) is 0 Å². The molecule has 1 aromatic rings. The van der Waals surface area contributed by atoms with Crippen molar-refractivity contribution in [1.29, 1.82) is 0 Å². The zero-order valence-electron chi connectivity index (χ0n) is 15.2. The van der Waals surface area contributed by atoms with E-state index in [1.54, 1.807) is 0 Å². The third-order valence-corrected chi connectivity index (χ3v) is 4.70. The van der Waals surface area contributed by atoms with Gasteiger partial charge in [-0.1, -0.05) is 18.2 Å². The van der Waals surface area contributed by atoms with Gasteiger partial charge in [0.15, 0.2) is 5.96 Å². The lowest BCUT2D eigenvalue weighted by atomic mass is 9.96. The summed E-state index contributed by atoms with van der Waals surface area (Å²) in [5.74, 6) is 1.86. The van der Waals surface area contributed by atoms with Gasteiger partial charge in [-0.25, -0.2) is 0 Å². The minimum absolute atomic E-state index is 0. The van der Waals surface area contributed by atoms with Crippen LogP contribution in [0, 0.1) is 6.92 Å². The first-order valence-corrected chi connectivity index (χ1v) is 9.15. The van der Waals surface area contributed by atoms with Crippen molar-refractivity contribution < 1.29 is 9.47 Å². The molecule has 3 atom stereocenters. The Balaban J connectivity index is 0.00000225. The number of nitrogens with zero attached hydrogens (tertiary/aromatic N) is 1. The average molecular weight is 459 g/mol. The summed E-state index contributed by atoms with van der Waals surface area (Å²) < 4.78 is 11.7. The van der Waals surface area contributed by atoms with Crippen LogP contribution in [0.25, 0.3) is 0 Å². The lowest BCUT2D eigenvalue weighted by Crippen LogP contribution is -2.47. The van der Waals surface area contributed by atoms with Crippen molar-refractivity contribution >= 4 is 29.9 Å². The number of para-hydroxylation sites is 1. The Labute approximate surface area is 168 Å². The Kier molecular flexibility index (Phi) is 8.29. The molecule has 6 heteroatoms. The number of hydrogen-bond donors (Lipinski definition) is 2. The molecule has 2 saturated heterocycles. The number of rotatable bonds is 7. The Hall–Kier alpha value is -1.02. The maximum absolute atomic E-state index is 5.90. The average Bonchev–Trinajstić information content (AvgIpc) is 3.19. The van der Waals surface area contributed by atoms with Crippen molar-refractivity contribution in [1.82, 2.24) is 10.6 Å². The van der Waals surface area contributed by atoms with Crippen LogP contribution in [0.1, 0.15) is 38.2 Å². The number of hydrogen-bond acceptors (Lipinski definition) is 3. The molecule has 0 radical (unpaired) electrons. The molecule has 3 rings (SSSR count).